The van der Waals surface area contributed by atoms with E-state index in [0.717, 1.165) is 75.4 Å². The Morgan fingerprint density at radius 1 is 1.14 bits per heavy atom. The Morgan fingerprint density at radius 2 is 1.79 bits per heavy atom. The molecule has 0 spiro atoms. The molecule has 0 amide bonds. The predicted octanol–water partition coefficient (Wildman–Crippen LogP) is 2.80. The number of benzene rings is 1. The molecule has 1 unspecified atom stereocenters. The van der Waals surface area contributed by atoms with Crippen molar-refractivity contribution in [1.29, 1.82) is 0 Å². The van der Waals surface area contributed by atoms with Gasteiger partial charge in [0.05, 0.1) is 20.8 Å². The molecular formula is C21H38IN5O2. The molecule has 1 aromatic carbocycles. The van der Waals surface area contributed by atoms with Gasteiger partial charge in [0.15, 0.2) is 5.96 Å². The number of hydrogen-bond donors (Lipinski definition) is 2. The summed E-state index contributed by atoms with van der Waals surface area (Å²) in [5.41, 5.74) is 1.13. The molecule has 0 saturated carbocycles. The minimum absolute atomic E-state index is 0. The fraction of sp³-hybridized carbons (Fsp3) is 0.667. The van der Waals surface area contributed by atoms with E-state index in [4.69, 9.17) is 14.5 Å². The molecule has 1 fully saturated rings. The second-order valence-corrected chi connectivity index (χ2v) is 6.93. The highest BCUT2D eigenvalue weighted by atomic mass is 127. The normalized spacial score (nSPS) is 16.6. The van der Waals surface area contributed by atoms with Gasteiger partial charge in [-0.15, -0.1) is 24.0 Å². The quantitative estimate of drug-likeness (QED) is 0.282. The van der Waals surface area contributed by atoms with Crippen LogP contribution in [0.4, 0.5) is 5.69 Å². The summed E-state index contributed by atoms with van der Waals surface area (Å²) >= 11 is 0. The molecule has 0 radical (unpaired) electrons. The van der Waals surface area contributed by atoms with Crippen LogP contribution in [-0.2, 0) is 0 Å². The number of ether oxygens (including phenoxy) is 2. The van der Waals surface area contributed by atoms with Gasteiger partial charge in [-0.3, -0.25) is 4.99 Å². The van der Waals surface area contributed by atoms with E-state index >= 15 is 0 Å². The van der Waals surface area contributed by atoms with Crippen molar-refractivity contribution in [3.05, 3.63) is 18.2 Å². The SMILES string of the molecule is CCNC(=NCCN(CC)CC)NC1CCN(c2cc(OC)cc(OC)c2)C1.I. The lowest BCUT2D eigenvalue weighted by atomic mass is 10.2. The Labute approximate surface area is 193 Å². The highest BCUT2D eigenvalue weighted by Gasteiger charge is 2.24. The van der Waals surface area contributed by atoms with Crippen molar-refractivity contribution in [2.24, 2.45) is 4.99 Å². The number of hydrogen-bond acceptors (Lipinski definition) is 5. The van der Waals surface area contributed by atoms with Crippen LogP contribution in [0.1, 0.15) is 27.2 Å². The molecule has 166 valence electrons. The van der Waals surface area contributed by atoms with Gasteiger partial charge in [0, 0.05) is 56.1 Å². The minimum Gasteiger partial charge on any atom is -0.497 e. The number of nitrogens with zero attached hydrogens (tertiary/aromatic N) is 3. The van der Waals surface area contributed by atoms with Gasteiger partial charge in [0.2, 0.25) is 0 Å². The van der Waals surface area contributed by atoms with Crippen molar-refractivity contribution in [2.45, 2.75) is 33.2 Å². The maximum atomic E-state index is 5.41. The molecule has 1 atom stereocenters. The molecule has 0 aromatic heterocycles. The Morgan fingerprint density at radius 3 is 2.34 bits per heavy atom. The van der Waals surface area contributed by atoms with Crippen molar-refractivity contribution in [2.75, 3.05) is 64.9 Å². The minimum atomic E-state index is 0. The Hall–Kier alpha value is -1.42. The van der Waals surface area contributed by atoms with Gasteiger partial charge in [-0.25, -0.2) is 0 Å². The van der Waals surface area contributed by atoms with E-state index in [9.17, 15) is 0 Å². The molecule has 1 aliphatic rings. The van der Waals surface area contributed by atoms with Crippen molar-refractivity contribution in [3.8, 4) is 11.5 Å². The standard InChI is InChI=1S/C21H37N5O2.HI/c1-6-22-21(23-10-12-25(7-2)8-3)24-17-9-11-26(16-17)18-13-19(27-4)15-20(14-18)28-5;/h13-15,17H,6-12,16H2,1-5H3,(H2,22,23,24);1H. The topological polar surface area (TPSA) is 61.4 Å². The largest absolute Gasteiger partial charge is 0.497 e. The molecule has 0 aliphatic carbocycles. The van der Waals surface area contributed by atoms with Crippen LogP contribution in [0.5, 0.6) is 11.5 Å². The summed E-state index contributed by atoms with van der Waals surface area (Å²) in [7, 11) is 3.37. The third-order valence-electron chi connectivity index (χ3n) is 5.16. The van der Waals surface area contributed by atoms with Crippen LogP contribution in [-0.4, -0.2) is 76.9 Å². The molecule has 1 aliphatic heterocycles. The molecule has 2 rings (SSSR count). The zero-order valence-electron chi connectivity index (χ0n) is 18.5. The van der Waals surface area contributed by atoms with E-state index in [1.807, 2.05) is 6.07 Å². The molecule has 7 nitrogen and oxygen atoms in total. The fourth-order valence-corrected chi connectivity index (χ4v) is 3.44. The van der Waals surface area contributed by atoms with Crippen LogP contribution in [0, 0.1) is 0 Å². The van der Waals surface area contributed by atoms with Crippen LogP contribution in [0.25, 0.3) is 0 Å². The second-order valence-electron chi connectivity index (χ2n) is 6.93. The van der Waals surface area contributed by atoms with Crippen LogP contribution in [0.3, 0.4) is 0 Å². The zero-order valence-corrected chi connectivity index (χ0v) is 20.9. The molecule has 1 saturated heterocycles. The Kier molecular flexibility index (Phi) is 12.1. The first kappa shape index (κ1) is 25.6. The maximum absolute atomic E-state index is 5.41. The summed E-state index contributed by atoms with van der Waals surface area (Å²) in [5.74, 6) is 2.54. The van der Waals surface area contributed by atoms with Gasteiger partial charge >= 0.3 is 0 Å². The van der Waals surface area contributed by atoms with E-state index < -0.39 is 0 Å². The second kappa shape index (κ2) is 13.7. The number of guanidine groups is 1. The molecular weight excluding hydrogens is 481 g/mol. The summed E-state index contributed by atoms with van der Waals surface area (Å²) in [6.45, 7) is 13.2. The lowest BCUT2D eigenvalue weighted by Gasteiger charge is -2.22. The van der Waals surface area contributed by atoms with Gasteiger partial charge in [-0.2, -0.15) is 0 Å². The van der Waals surface area contributed by atoms with Crippen LogP contribution in [0.2, 0.25) is 0 Å². The van der Waals surface area contributed by atoms with Crippen LogP contribution in [0.15, 0.2) is 23.2 Å². The van der Waals surface area contributed by atoms with Crippen LogP contribution < -0.4 is 25.0 Å². The summed E-state index contributed by atoms with van der Waals surface area (Å²) in [6.07, 6.45) is 1.07. The average molecular weight is 519 g/mol. The van der Waals surface area contributed by atoms with Crippen molar-refractivity contribution < 1.29 is 9.47 Å². The summed E-state index contributed by atoms with van der Waals surface area (Å²) in [6, 6.07) is 6.40. The van der Waals surface area contributed by atoms with Gasteiger partial charge in [-0.05, 0) is 26.4 Å². The van der Waals surface area contributed by atoms with E-state index in [2.05, 4.69) is 53.3 Å². The van der Waals surface area contributed by atoms with Crippen molar-refractivity contribution >= 4 is 35.6 Å². The Bertz CT molecular complexity index is 603. The third-order valence-corrected chi connectivity index (χ3v) is 5.16. The van der Waals surface area contributed by atoms with Crippen molar-refractivity contribution in [1.82, 2.24) is 15.5 Å². The van der Waals surface area contributed by atoms with Gasteiger partial charge in [-0.1, -0.05) is 13.8 Å². The molecule has 1 aromatic rings. The highest BCUT2D eigenvalue weighted by molar-refractivity contribution is 14.0. The van der Waals surface area contributed by atoms with Gasteiger partial charge in [0.25, 0.3) is 0 Å². The fourth-order valence-electron chi connectivity index (χ4n) is 3.44. The van der Waals surface area contributed by atoms with Crippen molar-refractivity contribution in [3.63, 3.8) is 0 Å². The van der Waals surface area contributed by atoms with E-state index in [1.165, 1.54) is 0 Å². The summed E-state index contributed by atoms with van der Waals surface area (Å²) in [5, 5.41) is 6.97. The first-order valence-electron chi connectivity index (χ1n) is 10.4. The van der Waals surface area contributed by atoms with Gasteiger partial charge in [0.1, 0.15) is 11.5 Å². The molecule has 29 heavy (non-hydrogen) atoms. The van der Waals surface area contributed by atoms with Crippen LogP contribution >= 0.6 is 24.0 Å². The number of halogens is 1. The zero-order chi connectivity index (χ0) is 20.4. The molecule has 2 N–H and O–H groups in total. The number of aliphatic imine (C=N–C) groups is 1. The van der Waals surface area contributed by atoms with E-state index in [-0.39, 0.29) is 24.0 Å². The lowest BCUT2D eigenvalue weighted by Crippen LogP contribution is -2.45. The number of nitrogens with one attached hydrogen (secondary N) is 2. The summed E-state index contributed by atoms with van der Waals surface area (Å²) in [4.78, 5) is 9.51. The summed E-state index contributed by atoms with van der Waals surface area (Å²) < 4.78 is 10.8. The van der Waals surface area contributed by atoms with E-state index in [1.54, 1.807) is 14.2 Å². The monoisotopic (exact) mass is 519 g/mol. The highest BCUT2D eigenvalue weighted by Crippen LogP contribution is 2.30. The maximum Gasteiger partial charge on any atom is 0.191 e. The third kappa shape index (κ3) is 8.08. The number of methoxy groups -OCH3 is 2. The Balaban J connectivity index is 0.00000420. The molecule has 8 heteroatoms. The lowest BCUT2D eigenvalue weighted by molar-refractivity contribution is 0.313. The molecule has 1 heterocycles. The number of anilines is 1. The predicted molar refractivity (Wildman–Crippen MR) is 132 cm³/mol. The van der Waals surface area contributed by atoms with Gasteiger partial charge < -0.3 is 29.9 Å². The number of rotatable bonds is 10. The van der Waals surface area contributed by atoms with E-state index in [0.29, 0.717) is 6.04 Å². The smallest absolute Gasteiger partial charge is 0.191 e. The molecule has 0 bridgehead atoms. The number of likely N-dealkylation sites (N-methyl/N-ethyl adjacent to an activating group) is 1. The first-order chi connectivity index (χ1) is 13.6. The first-order valence-corrected chi connectivity index (χ1v) is 10.4. The average Bonchev–Trinajstić information content (AvgIpc) is 3.19.